The Balaban J connectivity index is 2.16. The average molecular weight is 377 g/mol. The average Bonchev–Trinajstić information content (AvgIpc) is 2.50. The third-order valence-corrected chi connectivity index (χ3v) is 4.21. The van der Waals surface area contributed by atoms with E-state index in [1.807, 2.05) is 25.1 Å². The molecule has 0 aliphatic heterocycles. The molecule has 0 fully saturated rings. The number of nitrogens with one attached hydrogen (secondary N) is 2. The van der Waals surface area contributed by atoms with Crippen molar-refractivity contribution in [1.29, 1.82) is 0 Å². The summed E-state index contributed by atoms with van der Waals surface area (Å²) in [6, 6.07) is 7.62. The Morgan fingerprint density at radius 2 is 2.00 bits per heavy atom. The summed E-state index contributed by atoms with van der Waals surface area (Å²) in [5, 5.41) is 6.09. The fourth-order valence-electron chi connectivity index (χ4n) is 2.09. The first-order valence-corrected chi connectivity index (χ1v) is 8.46. The fraction of sp³-hybridized carbons (Fsp3) is 0.353. The summed E-state index contributed by atoms with van der Waals surface area (Å²) in [6.07, 6.45) is 2.00. The summed E-state index contributed by atoms with van der Waals surface area (Å²) >= 11 is 3.48. The molecule has 0 aliphatic carbocycles. The number of anilines is 2. The van der Waals surface area contributed by atoms with Crippen molar-refractivity contribution in [3.63, 3.8) is 0 Å². The maximum absolute atomic E-state index is 12.1. The fourth-order valence-corrected chi connectivity index (χ4v) is 2.33. The molecule has 1 heterocycles. The van der Waals surface area contributed by atoms with Crippen molar-refractivity contribution in [1.82, 2.24) is 15.3 Å². The summed E-state index contributed by atoms with van der Waals surface area (Å²) in [5.74, 6) is 1.00. The third kappa shape index (κ3) is 5.03. The third-order valence-electron chi connectivity index (χ3n) is 3.32. The smallest absolute Gasteiger partial charge is 0.270 e. The molecule has 0 aliphatic rings. The number of carbonyl (C=O) groups is 1. The Morgan fingerprint density at radius 3 is 2.70 bits per heavy atom. The monoisotopic (exact) mass is 376 g/mol. The van der Waals surface area contributed by atoms with Crippen LogP contribution in [0.2, 0.25) is 0 Å². The van der Waals surface area contributed by atoms with Crippen LogP contribution in [0.1, 0.15) is 41.6 Å². The molecular formula is C17H21BrN4O. The molecule has 0 atom stereocenters. The summed E-state index contributed by atoms with van der Waals surface area (Å²) in [4.78, 5) is 20.7. The van der Waals surface area contributed by atoms with E-state index < -0.39 is 0 Å². The molecule has 122 valence electrons. The molecule has 0 spiro atoms. The van der Waals surface area contributed by atoms with E-state index in [9.17, 15) is 4.79 Å². The molecule has 0 radical (unpaired) electrons. The van der Waals surface area contributed by atoms with E-state index in [2.05, 4.69) is 43.5 Å². The van der Waals surface area contributed by atoms with Gasteiger partial charge in [-0.15, -0.1) is 0 Å². The van der Waals surface area contributed by atoms with Gasteiger partial charge in [-0.3, -0.25) is 4.79 Å². The summed E-state index contributed by atoms with van der Waals surface area (Å²) in [6.45, 7) is 6.55. The lowest BCUT2D eigenvalue weighted by molar-refractivity contribution is 0.0948. The van der Waals surface area contributed by atoms with Crippen LogP contribution in [0, 0.1) is 13.8 Å². The van der Waals surface area contributed by atoms with Gasteiger partial charge in [-0.25, -0.2) is 9.97 Å². The normalized spacial score (nSPS) is 10.4. The number of aromatic nitrogens is 2. The largest absolute Gasteiger partial charge is 0.351 e. The second kappa shape index (κ2) is 8.06. The summed E-state index contributed by atoms with van der Waals surface area (Å²) in [5.41, 5.74) is 2.42. The van der Waals surface area contributed by atoms with Crippen LogP contribution in [0.15, 0.2) is 28.7 Å². The van der Waals surface area contributed by atoms with Crippen LogP contribution in [-0.2, 0) is 0 Å². The van der Waals surface area contributed by atoms with Crippen molar-refractivity contribution in [2.75, 3.05) is 11.9 Å². The second-order valence-electron chi connectivity index (χ2n) is 5.38. The number of rotatable bonds is 6. The van der Waals surface area contributed by atoms with E-state index in [1.54, 1.807) is 13.0 Å². The molecule has 0 saturated carbocycles. The first kappa shape index (κ1) is 17.4. The Kier molecular flexibility index (Phi) is 6.10. The minimum atomic E-state index is -0.168. The van der Waals surface area contributed by atoms with Gasteiger partial charge in [-0.05, 0) is 44.0 Å². The second-order valence-corrected chi connectivity index (χ2v) is 6.24. The standard InChI is InChI=1S/C17H21BrN4O/c1-4-5-8-19-17(23)15-10-16(21-12(3)20-15)22-13-6-7-14(18)11(2)9-13/h6-7,9-10H,4-5,8H2,1-3H3,(H,19,23)(H,20,21,22). The zero-order valence-electron chi connectivity index (χ0n) is 13.6. The molecular weight excluding hydrogens is 356 g/mol. The Hall–Kier alpha value is -1.95. The van der Waals surface area contributed by atoms with Crippen molar-refractivity contribution in [3.8, 4) is 0 Å². The number of carbonyl (C=O) groups excluding carboxylic acids is 1. The highest BCUT2D eigenvalue weighted by Crippen LogP contribution is 2.22. The van der Waals surface area contributed by atoms with E-state index in [-0.39, 0.29) is 5.91 Å². The molecule has 2 N–H and O–H groups in total. The van der Waals surface area contributed by atoms with Crippen molar-refractivity contribution < 1.29 is 4.79 Å². The number of unbranched alkanes of at least 4 members (excludes halogenated alkanes) is 1. The van der Waals surface area contributed by atoms with Crippen LogP contribution >= 0.6 is 15.9 Å². The first-order chi connectivity index (χ1) is 11.0. The van der Waals surface area contributed by atoms with Gasteiger partial charge >= 0.3 is 0 Å². The number of hydrogen-bond acceptors (Lipinski definition) is 4. The van der Waals surface area contributed by atoms with Gasteiger partial charge in [0.15, 0.2) is 0 Å². The predicted molar refractivity (Wildman–Crippen MR) is 96.2 cm³/mol. The number of amides is 1. The number of halogens is 1. The van der Waals surface area contributed by atoms with Gasteiger partial charge in [0, 0.05) is 22.8 Å². The first-order valence-electron chi connectivity index (χ1n) is 7.66. The van der Waals surface area contributed by atoms with Gasteiger partial charge in [0.2, 0.25) is 0 Å². The lowest BCUT2D eigenvalue weighted by Gasteiger charge is -2.10. The topological polar surface area (TPSA) is 66.9 Å². The molecule has 2 aromatic rings. The number of benzene rings is 1. The highest BCUT2D eigenvalue weighted by atomic mass is 79.9. The maximum atomic E-state index is 12.1. The summed E-state index contributed by atoms with van der Waals surface area (Å²) in [7, 11) is 0. The Bertz CT molecular complexity index is 703. The van der Waals surface area contributed by atoms with Crippen molar-refractivity contribution in [2.24, 2.45) is 0 Å². The van der Waals surface area contributed by atoms with Gasteiger partial charge < -0.3 is 10.6 Å². The SMILES string of the molecule is CCCCNC(=O)c1cc(Nc2ccc(Br)c(C)c2)nc(C)n1. The minimum Gasteiger partial charge on any atom is -0.351 e. The van der Waals surface area contributed by atoms with Crippen molar-refractivity contribution in [2.45, 2.75) is 33.6 Å². The lowest BCUT2D eigenvalue weighted by atomic mass is 10.2. The molecule has 6 heteroatoms. The number of hydrogen-bond donors (Lipinski definition) is 2. The highest BCUT2D eigenvalue weighted by Gasteiger charge is 2.10. The zero-order valence-corrected chi connectivity index (χ0v) is 15.2. The molecule has 0 bridgehead atoms. The van der Waals surface area contributed by atoms with Crippen LogP contribution < -0.4 is 10.6 Å². The van der Waals surface area contributed by atoms with Gasteiger partial charge in [0.1, 0.15) is 17.3 Å². The van der Waals surface area contributed by atoms with Gasteiger partial charge in [0.05, 0.1) is 0 Å². The number of aryl methyl sites for hydroxylation is 2. The van der Waals surface area contributed by atoms with E-state index in [0.29, 0.717) is 23.9 Å². The summed E-state index contributed by atoms with van der Waals surface area (Å²) < 4.78 is 1.05. The molecule has 2 rings (SSSR count). The van der Waals surface area contributed by atoms with E-state index in [4.69, 9.17) is 0 Å². The molecule has 23 heavy (non-hydrogen) atoms. The van der Waals surface area contributed by atoms with E-state index >= 15 is 0 Å². The van der Waals surface area contributed by atoms with Crippen LogP contribution in [-0.4, -0.2) is 22.4 Å². The molecule has 5 nitrogen and oxygen atoms in total. The highest BCUT2D eigenvalue weighted by molar-refractivity contribution is 9.10. The molecule has 1 amide bonds. The van der Waals surface area contributed by atoms with Crippen molar-refractivity contribution >= 4 is 33.3 Å². The van der Waals surface area contributed by atoms with Crippen molar-refractivity contribution in [3.05, 3.63) is 45.8 Å². The van der Waals surface area contributed by atoms with Gasteiger partial charge in [-0.2, -0.15) is 0 Å². The molecule has 0 saturated heterocycles. The van der Waals surface area contributed by atoms with Crippen LogP contribution in [0.25, 0.3) is 0 Å². The Morgan fingerprint density at radius 1 is 1.22 bits per heavy atom. The molecule has 0 unspecified atom stereocenters. The zero-order chi connectivity index (χ0) is 16.8. The van der Waals surface area contributed by atoms with Gasteiger partial charge in [0.25, 0.3) is 5.91 Å². The van der Waals surface area contributed by atoms with Gasteiger partial charge in [-0.1, -0.05) is 29.3 Å². The lowest BCUT2D eigenvalue weighted by Crippen LogP contribution is -2.25. The molecule has 1 aromatic carbocycles. The predicted octanol–water partition coefficient (Wildman–Crippen LogP) is 4.13. The van der Waals surface area contributed by atoms with Crippen LogP contribution in [0.4, 0.5) is 11.5 Å². The maximum Gasteiger partial charge on any atom is 0.270 e. The molecule has 1 aromatic heterocycles. The van der Waals surface area contributed by atoms with E-state index in [1.165, 1.54) is 0 Å². The number of nitrogens with zero attached hydrogens (tertiary/aromatic N) is 2. The van der Waals surface area contributed by atoms with Crippen LogP contribution in [0.5, 0.6) is 0 Å². The minimum absolute atomic E-state index is 0.168. The quantitative estimate of drug-likeness (QED) is 0.743. The Labute approximate surface area is 145 Å². The van der Waals surface area contributed by atoms with E-state index in [0.717, 1.165) is 28.6 Å². The van der Waals surface area contributed by atoms with Crippen LogP contribution in [0.3, 0.4) is 0 Å².